The number of hydrogen-bond donors (Lipinski definition) is 0. The molecule has 0 amide bonds. The van der Waals surface area contributed by atoms with Gasteiger partial charge in [0.05, 0.1) is 11.5 Å². The van der Waals surface area contributed by atoms with E-state index in [1.165, 1.54) is 19.1 Å². The van der Waals surface area contributed by atoms with Gasteiger partial charge in [0, 0.05) is 13.0 Å². The Labute approximate surface area is 92.0 Å². The molecule has 0 unspecified atom stereocenters. The van der Waals surface area contributed by atoms with Crippen molar-refractivity contribution in [1.82, 2.24) is 0 Å². The van der Waals surface area contributed by atoms with E-state index >= 15 is 0 Å². The molecule has 0 fully saturated rings. The monoisotopic (exact) mass is 229 g/mol. The molecule has 0 radical (unpaired) electrons. The maximum atomic E-state index is 12.4. The Morgan fingerprint density at radius 3 is 2.31 bits per heavy atom. The molecule has 0 saturated heterocycles. The van der Waals surface area contributed by atoms with Crippen molar-refractivity contribution in [2.75, 3.05) is 6.61 Å². The largest absolute Gasteiger partial charge is 0.466 e. The van der Waals surface area contributed by atoms with E-state index in [4.69, 9.17) is 0 Å². The predicted octanol–water partition coefficient (Wildman–Crippen LogP) is 2.30. The van der Waals surface area contributed by atoms with Crippen molar-refractivity contribution in [3.8, 4) is 0 Å². The number of carbonyl (C=O) groups excluding carboxylic acids is 1. The number of carbonyl (C=O) groups is 1. The van der Waals surface area contributed by atoms with Gasteiger partial charge in [-0.1, -0.05) is 12.1 Å². The van der Waals surface area contributed by atoms with Gasteiger partial charge in [-0.25, -0.2) is 0 Å². The second kappa shape index (κ2) is 7.33. The van der Waals surface area contributed by atoms with Gasteiger partial charge in [-0.05, 0) is 13.0 Å². The van der Waals surface area contributed by atoms with Crippen LogP contribution in [0, 0.1) is 15.9 Å². The third kappa shape index (κ3) is 5.69. The Morgan fingerprint density at radius 2 is 2.06 bits per heavy atom. The van der Waals surface area contributed by atoms with E-state index in [1.54, 1.807) is 6.92 Å². The number of esters is 1. The number of hydrogen-bond acceptors (Lipinski definition) is 4. The van der Waals surface area contributed by atoms with Gasteiger partial charge in [0.25, 0.3) is 0 Å². The van der Waals surface area contributed by atoms with E-state index in [0.717, 1.165) is 12.1 Å². The molecular formula is C10H12FNO4. The van der Waals surface area contributed by atoms with Gasteiger partial charge in [-0.3, -0.25) is 14.9 Å². The first-order valence-corrected chi connectivity index (χ1v) is 4.51. The highest BCUT2D eigenvalue weighted by molar-refractivity contribution is 5.65. The molecule has 0 aromatic heterocycles. The fraction of sp³-hybridized carbons (Fsp3) is 0.300. The lowest BCUT2D eigenvalue weighted by Gasteiger charge is -1.89. The molecule has 0 aliphatic rings. The summed E-state index contributed by atoms with van der Waals surface area (Å²) in [5, 5.41) is 9.99. The third-order valence-electron chi connectivity index (χ3n) is 1.40. The third-order valence-corrected chi connectivity index (χ3v) is 1.40. The molecule has 88 valence electrons. The minimum Gasteiger partial charge on any atom is -0.466 e. The van der Waals surface area contributed by atoms with Crippen LogP contribution >= 0.6 is 0 Å². The summed E-state index contributed by atoms with van der Waals surface area (Å²) in [7, 11) is 0. The number of halogens is 1. The number of benzene rings is 1. The van der Waals surface area contributed by atoms with Crippen LogP contribution in [-0.2, 0) is 9.53 Å². The van der Waals surface area contributed by atoms with Gasteiger partial charge < -0.3 is 4.74 Å². The molecule has 0 bridgehead atoms. The van der Waals surface area contributed by atoms with E-state index in [9.17, 15) is 19.3 Å². The Kier molecular flexibility index (Phi) is 6.42. The molecule has 0 heterocycles. The van der Waals surface area contributed by atoms with Crippen molar-refractivity contribution in [3.05, 3.63) is 40.2 Å². The van der Waals surface area contributed by atoms with E-state index in [2.05, 4.69) is 4.74 Å². The molecule has 1 rings (SSSR count). The summed E-state index contributed by atoms with van der Waals surface area (Å²) in [6.07, 6.45) is 0. The van der Waals surface area contributed by atoms with Gasteiger partial charge in [0.1, 0.15) is 0 Å². The molecule has 0 aliphatic carbocycles. The summed E-state index contributed by atoms with van der Waals surface area (Å²) in [5.74, 6) is -1.01. The summed E-state index contributed by atoms with van der Waals surface area (Å²) in [4.78, 5) is 19.1. The van der Waals surface area contributed by atoms with Crippen molar-refractivity contribution in [1.29, 1.82) is 0 Å². The number of nitrogens with zero attached hydrogens (tertiary/aromatic N) is 1. The summed E-state index contributed by atoms with van der Waals surface area (Å²) >= 11 is 0. The van der Waals surface area contributed by atoms with Crippen molar-refractivity contribution in [2.45, 2.75) is 13.8 Å². The summed E-state index contributed by atoms with van der Waals surface area (Å²) in [6, 6.07) is 5.00. The van der Waals surface area contributed by atoms with E-state index < -0.39 is 16.4 Å². The maximum absolute atomic E-state index is 12.4. The molecule has 0 aliphatic heterocycles. The van der Waals surface area contributed by atoms with Crippen LogP contribution in [0.25, 0.3) is 0 Å². The number of rotatable bonds is 2. The maximum Gasteiger partial charge on any atom is 0.304 e. The zero-order valence-corrected chi connectivity index (χ0v) is 8.97. The highest BCUT2D eigenvalue weighted by Gasteiger charge is 2.10. The number of nitro benzene ring substituents is 1. The fourth-order valence-corrected chi connectivity index (χ4v) is 0.803. The van der Waals surface area contributed by atoms with Gasteiger partial charge in [-0.2, -0.15) is 4.39 Å². The van der Waals surface area contributed by atoms with Crippen molar-refractivity contribution in [3.63, 3.8) is 0 Å². The van der Waals surface area contributed by atoms with Crippen LogP contribution in [0.4, 0.5) is 10.1 Å². The van der Waals surface area contributed by atoms with Gasteiger partial charge >= 0.3 is 11.7 Å². The zero-order valence-electron chi connectivity index (χ0n) is 8.97. The minimum atomic E-state index is -0.799. The lowest BCUT2D eigenvalue weighted by Crippen LogP contribution is -1.95. The first kappa shape index (κ1) is 14.0. The number of nitro groups is 1. The summed E-state index contributed by atoms with van der Waals surface area (Å²) < 4.78 is 16.8. The highest BCUT2D eigenvalue weighted by Crippen LogP contribution is 2.14. The first-order chi connectivity index (χ1) is 7.49. The molecule has 1 aromatic carbocycles. The van der Waals surface area contributed by atoms with Crippen LogP contribution in [0.5, 0.6) is 0 Å². The van der Waals surface area contributed by atoms with Crippen LogP contribution in [0.1, 0.15) is 13.8 Å². The molecule has 0 saturated carbocycles. The first-order valence-electron chi connectivity index (χ1n) is 4.51. The van der Waals surface area contributed by atoms with E-state index in [0.29, 0.717) is 6.61 Å². The average molecular weight is 229 g/mol. The second-order valence-electron chi connectivity index (χ2n) is 2.63. The van der Waals surface area contributed by atoms with Crippen LogP contribution < -0.4 is 0 Å². The molecule has 0 N–H and O–H groups in total. The Hall–Kier alpha value is -1.98. The minimum absolute atomic E-state index is 0.211. The van der Waals surface area contributed by atoms with Crippen LogP contribution in [-0.4, -0.2) is 17.5 Å². The summed E-state index contributed by atoms with van der Waals surface area (Å²) in [6.45, 7) is 3.65. The molecule has 16 heavy (non-hydrogen) atoms. The highest BCUT2D eigenvalue weighted by atomic mass is 19.1. The van der Waals surface area contributed by atoms with Crippen molar-refractivity contribution < 1.29 is 18.8 Å². The number of ether oxygens (including phenoxy) is 1. The molecule has 0 spiro atoms. The van der Waals surface area contributed by atoms with Gasteiger partial charge in [0.2, 0.25) is 5.82 Å². The molecule has 5 nitrogen and oxygen atoms in total. The SMILES string of the molecule is CCOC(C)=O.O=[N+]([O-])c1ccccc1F. The Balaban J connectivity index is 0.000000325. The van der Waals surface area contributed by atoms with Crippen molar-refractivity contribution >= 4 is 11.7 Å². The molecule has 1 aromatic rings. The second-order valence-corrected chi connectivity index (χ2v) is 2.63. The van der Waals surface area contributed by atoms with Gasteiger partial charge in [-0.15, -0.1) is 0 Å². The molecule has 6 heteroatoms. The van der Waals surface area contributed by atoms with Crippen molar-refractivity contribution in [2.24, 2.45) is 0 Å². The standard InChI is InChI=1S/C6H4FNO2.C4H8O2/c7-5-3-1-2-4-6(5)8(9)10;1-3-6-4(2)5/h1-4H;3H2,1-2H3. The fourth-order valence-electron chi connectivity index (χ4n) is 0.803. The Bertz CT molecular complexity index is 368. The average Bonchev–Trinajstić information content (AvgIpc) is 2.18. The topological polar surface area (TPSA) is 69.4 Å². The van der Waals surface area contributed by atoms with Crippen LogP contribution in [0.2, 0.25) is 0 Å². The van der Waals surface area contributed by atoms with E-state index in [-0.39, 0.29) is 5.97 Å². The Morgan fingerprint density at radius 1 is 1.50 bits per heavy atom. The smallest absolute Gasteiger partial charge is 0.304 e. The van der Waals surface area contributed by atoms with Crippen LogP contribution in [0.3, 0.4) is 0 Å². The lowest BCUT2D eigenvalue weighted by molar-refractivity contribution is -0.387. The number of para-hydroxylation sites is 1. The normalized spacial score (nSPS) is 8.69. The van der Waals surface area contributed by atoms with Crippen LogP contribution in [0.15, 0.2) is 24.3 Å². The van der Waals surface area contributed by atoms with E-state index in [1.807, 2.05) is 0 Å². The quantitative estimate of drug-likeness (QED) is 0.443. The van der Waals surface area contributed by atoms with Gasteiger partial charge in [0.15, 0.2) is 0 Å². The summed E-state index contributed by atoms with van der Waals surface area (Å²) in [5.41, 5.74) is -0.484. The molecule has 0 atom stereocenters. The zero-order chi connectivity index (χ0) is 12.6. The predicted molar refractivity (Wildman–Crippen MR) is 55.4 cm³/mol. The molecular weight excluding hydrogens is 217 g/mol. The lowest BCUT2D eigenvalue weighted by atomic mass is 10.3.